The third-order valence-electron chi connectivity index (χ3n) is 9.88. The Morgan fingerprint density at radius 2 is 0.863 bits per heavy atom. The second kappa shape index (κ2) is 11.9. The molecule has 0 atom stereocenters. The van der Waals surface area contributed by atoms with Crippen molar-refractivity contribution in [3.05, 3.63) is 188 Å². The molecule has 0 amide bonds. The van der Waals surface area contributed by atoms with Gasteiger partial charge in [-0.3, -0.25) is 0 Å². The number of rotatable bonds is 6. The van der Waals surface area contributed by atoms with Crippen LogP contribution in [0.4, 0.5) is 17.1 Å². The predicted molar refractivity (Wildman–Crippen MR) is 212 cm³/mol. The Hall–Kier alpha value is -6.84. The van der Waals surface area contributed by atoms with Crippen LogP contribution in [-0.4, -0.2) is 0 Å². The summed E-state index contributed by atoms with van der Waals surface area (Å²) >= 11 is 0. The number of benzene rings is 8. The first-order valence-corrected chi connectivity index (χ1v) is 17.3. The van der Waals surface area contributed by atoms with Crippen molar-refractivity contribution in [3.63, 3.8) is 0 Å². The molecule has 2 heterocycles. The molecule has 3 nitrogen and oxygen atoms in total. The van der Waals surface area contributed by atoms with Crippen molar-refractivity contribution >= 4 is 60.9 Å². The molecule has 8 aromatic carbocycles. The van der Waals surface area contributed by atoms with Gasteiger partial charge in [-0.05, 0) is 88.5 Å². The zero-order valence-corrected chi connectivity index (χ0v) is 27.7. The fourth-order valence-electron chi connectivity index (χ4n) is 7.47. The number of hydrogen-bond donors (Lipinski definition) is 0. The van der Waals surface area contributed by atoms with E-state index in [-0.39, 0.29) is 0 Å². The maximum atomic E-state index is 6.39. The minimum atomic E-state index is 0.859. The fraction of sp³-hybridized carbons (Fsp3) is 0. The molecule has 3 heteroatoms. The summed E-state index contributed by atoms with van der Waals surface area (Å²) in [5.41, 5.74) is 13.6. The molecule has 0 aliphatic carbocycles. The standard InChI is InChI=1S/C48H31NO2/c1-2-12-32(13-3-1)34-14-10-15-36(30-34)38-16-4-7-19-42(38)49(43-20-11-23-46-48(43)41-18-6-9-22-45(41)50-46)37-27-24-33(25-28-37)35-26-29-40-39-17-5-8-21-44(39)51-47(40)31-35/h1-31H. The summed E-state index contributed by atoms with van der Waals surface area (Å²) < 4.78 is 12.6. The van der Waals surface area contributed by atoms with Crippen molar-refractivity contribution in [3.8, 4) is 33.4 Å². The van der Waals surface area contributed by atoms with Crippen molar-refractivity contribution in [2.24, 2.45) is 0 Å². The summed E-state index contributed by atoms with van der Waals surface area (Å²) in [5, 5.41) is 4.44. The molecule has 0 spiro atoms. The van der Waals surface area contributed by atoms with E-state index in [1.807, 2.05) is 24.3 Å². The van der Waals surface area contributed by atoms with Gasteiger partial charge in [0.15, 0.2) is 0 Å². The minimum absolute atomic E-state index is 0.859. The van der Waals surface area contributed by atoms with Gasteiger partial charge in [0.1, 0.15) is 22.3 Å². The highest BCUT2D eigenvalue weighted by Crippen LogP contribution is 2.46. The summed E-state index contributed by atoms with van der Waals surface area (Å²) in [6, 6.07) is 66.3. The van der Waals surface area contributed by atoms with E-state index in [9.17, 15) is 0 Å². The molecule has 0 fully saturated rings. The van der Waals surface area contributed by atoms with Gasteiger partial charge in [-0.25, -0.2) is 0 Å². The van der Waals surface area contributed by atoms with Gasteiger partial charge in [0.05, 0.1) is 16.8 Å². The highest BCUT2D eigenvalue weighted by molar-refractivity contribution is 6.14. The van der Waals surface area contributed by atoms with Crippen molar-refractivity contribution < 1.29 is 8.83 Å². The number of para-hydroxylation sites is 3. The Kier molecular flexibility index (Phi) is 6.81. The summed E-state index contributed by atoms with van der Waals surface area (Å²) in [7, 11) is 0. The van der Waals surface area contributed by atoms with E-state index in [1.54, 1.807) is 0 Å². The van der Waals surface area contributed by atoms with Gasteiger partial charge >= 0.3 is 0 Å². The van der Waals surface area contributed by atoms with Crippen LogP contribution in [0, 0.1) is 0 Å². The molecule has 0 radical (unpaired) electrons. The Bertz CT molecular complexity index is 2860. The second-order valence-corrected chi connectivity index (χ2v) is 12.9. The average molecular weight is 654 g/mol. The van der Waals surface area contributed by atoms with Gasteiger partial charge in [0.2, 0.25) is 0 Å². The largest absolute Gasteiger partial charge is 0.456 e. The van der Waals surface area contributed by atoms with E-state index in [0.717, 1.165) is 83.2 Å². The van der Waals surface area contributed by atoms with Gasteiger partial charge in [0, 0.05) is 27.4 Å². The number of fused-ring (bicyclic) bond motifs is 6. The molecule has 240 valence electrons. The van der Waals surface area contributed by atoms with Crippen LogP contribution in [0.25, 0.3) is 77.3 Å². The molecule has 2 aromatic heterocycles. The smallest absolute Gasteiger partial charge is 0.137 e. The average Bonchev–Trinajstić information content (AvgIpc) is 3.77. The van der Waals surface area contributed by atoms with Crippen LogP contribution >= 0.6 is 0 Å². The molecule has 0 saturated carbocycles. The maximum absolute atomic E-state index is 6.39. The Balaban J connectivity index is 1.15. The molecule has 10 aromatic rings. The summed E-state index contributed by atoms with van der Waals surface area (Å²) in [4.78, 5) is 2.38. The van der Waals surface area contributed by atoms with Gasteiger partial charge in [-0.2, -0.15) is 0 Å². The van der Waals surface area contributed by atoms with Crippen molar-refractivity contribution in [2.45, 2.75) is 0 Å². The molecular weight excluding hydrogens is 623 g/mol. The molecule has 0 bridgehead atoms. The molecule has 0 unspecified atom stereocenters. The third-order valence-corrected chi connectivity index (χ3v) is 9.88. The molecular formula is C48H31NO2. The zero-order valence-electron chi connectivity index (χ0n) is 27.7. The van der Waals surface area contributed by atoms with Crippen LogP contribution in [0.15, 0.2) is 197 Å². The van der Waals surface area contributed by atoms with Gasteiger partial charge in [-0.1, -0.05) is 127 Å². The van der Waals surface area contributed by atoms with Gasteiger partial charge in [-0.15, -0.1) is 0 Å². The Labute approximate surface area is 295 Å². The lowest BCUT2D eigenvalue weighted by Gasteiger charge is -2.28. The highest BCUT2D eigenvalue weighted by Gasteiger charge is 2.22. The van der Waals surface area contributed by atoms with Crippen LogP contribution in [0.3, 0.4) is 0 Å². The lowest BCUT2D eigenvalue weighted by molar-refractivity contribution is 0.668. The van der Waals surface area contributed by atoms with Gasteiger partial charge < -0.3 is 13.7 Å². The molecule has 0 aliphatic rings. The van der Waals surface area contributed by atoms with Crippen molar-refractivity contribution in [2.75, 3.05) is 4.90 Å². The summed E-state index contributed by atoms with van der Waals surface area (Å²) in [6.45, 7) is 0. The lowest BCUT2D eigenvalue weighted by atomic mass is 9.96. The van der Waals surface area contributed by atoms with Crippen molar-refractivity contribution in [1.82, 2.24) is 0 Å². The number of furan rings is 2. The van der Waals surface area contributed by atoms with Gasteiger partial charge in [0.25, 0.3) is 0 Å². The molecule has 0 aliphatic heterocycles. The SMILES string of the molecule is c1ccc(-c2cccc(-c3ccccc3N(c3ccc(-c4ccc5c(c4)oc4ccccc45)cc3)c3cccc4oc5ccccc5c34)c2)cc1. The highest BCUT2D eigenvalue weighted by atomic mass is 16.3. The Morgan fingerprint density at radius 1 is 0.314 bits per heavy atom. The van der Waals surface area contributed by atoms with E-state index in [0.29, 0.717) is 0 Å². The van der Waals surface area contributed by atoms with E-state index < -0.39 is 0 Å². The fourth-order valence-corrected chi connectivity index (χ4v) is 7.47. The number of anilines is 3. The van der Waals surface area contributed by atoms with Crippen LogP contribution in [-0.2, 0) is 0 Å². The topological polar surface area (TPSA) is 29.5 Å². The normalized spacial score (nSPS) is 11.5. The molecule has 0 N–H and O–H groups in total. The number of hydrogen-bond acceptors (Lipinski definition) is 3. The molecule has 10 rings (SSSR count). The van der Waals surface area contributed by atoms with E-state index in [4.69, 9.17) is 8.83 Å². The van der Waals surface area contributed by atoms with Crippen LogP contribution in [0.2, 0.25) is 0 Å². The van der Waals surface area contributed by atoms with E-state index in [2.05, 4.69) is 169 Å². The lowest BCUT2D eigenvalue weighted by Crippen LogP contribution is -2.11. The molecule has 0 saturated heterocycles. The second-order valence-electron chi connectivity index (χ2n) is 12.9. The molecule has 51 heavy (non-hydrogen) atoms. The zero-order chi connectivity index (χ0) is 33.7. The maximum Gasteiger partial charge on any atom is 0.137 e. The Morgan fingerprint density at radius 3 is 1.73 bits per heavy atom. The van der Waals surface area contributed by atoms with Crippen LogP contribution in [0.5, 0.6) is 0 Å². The quantitative estimate of drug-likeness (QED) is 0.179. The number of nitrogens with zero attached hydrogens (tertiary/aromatic N) is 1. The van der Waals surface area contributed by atoms with E-state index >= 15 is 0 Å². The predicted octanol–water partition coefficient (Wildman–Crippen LogP) is 14.0. The summed E-state index contributed by atoms with van der Waals surface area (Å²) in [6.07, 6.45) is 0. The van der Waals surface area contributed by atoms with Crippen LogP contribution < -0.4 is 4.90 Å². The van der Waals surface area contributed by atoms with Crippen molar-refractivity contribution in [1.29, 1.82) is 0 Å². The third kappa shape index (κ3) is 4.98. The first kappa shape index (κ1) is 29.1. The van der Waals surface area contributed by atoms with E-state index in [1.165, 1.54) is 11.1 Å². The monoisotopic (exact) mass is 653 g/mol. The summed E-state index contributed by atoms with van der Waals surface area (Å²) in [5.74, 6) is 0. The van der Waals surface area contributed by atoms with Crippen LogP contribution in [0.1, 0.15) is 0 Å². The first-order chi connectivity index (χ1) is 25.3. The first-order valence-electron chi connectivity index (χ1n) is 17.3. The minimum Gasteiger partial charge on any atom is -0.456 e.